The van der Waals surface area contributed by atoms with Gasteiger partial charge >= 0.3 is 0 Å². The molecule has 23 heavy (non-hydrogen) atoms. The fraction of sp³-hybridized carbons (Fsp3) is 0.150. The summed E-state index contributed by atoms with van der Waals surface area (Å²) < 4.78 is 2.16. The summed E-state index contributed by atoms with van der Waals surface area (Å²) in [6, 6.07) is 19.2. The number of benzene rings is 2. The van der Waals surface area contributed by atoms with Gasteiger partial charge in [-0.25, -0.2) is 4.98 Å². The number of pyridine rings is 1. The van der Waals surface area contributed by atoms with E-state index in [2.05, 4.69) is 72.1 Å². The molecule has 4 rings (SSSR count). The summed E-state index contributed by atoms with van der Waals surface area (Å²) in [4.78, 5) is 4.88. The molecule has 3 heteroatoms. The molecule has 0 aliphatic heterocycles. The van der Waals surface area contributed by atoms with E-state index in [1.807, 2.05) is 0 Å². The van der Waals surface area contributed by atoms with E-state index in [-0.39, 0.29) is 0 Å². The van der Waals surface area contributed by atoms with E-state index in [0.29, 0.717) is 6.54 Å². The lowest BCUT2D eigenvalue weighted by atomic mass is 10.0. The van der Waals surface area contributed by atoms with Crippen molar-refractivity contribution in [3.05, 3.63) is 72.1 Å². The molecule has 114 valence electrons. The zero-order valence-electron chi connectivity index (χ0n) is 13.2. The van der Waals surface area contributed by atoms with Gasteiger partial charge in [0.2, 0.25) is 0 Å². The average Bonchev–Trinajstić information content (AvgIpc) is 2.92. The Labute approximate surface area is 135 Å². The molecule has 0 aliphatic rings. The highest BCUT2D eigenvalue weighted by Gasteiger charge is 2.13. The molecule has 2 N–H and O–H groups in total. The number of imidazole rings is 1. The van der Waals surface area contributed by atoms with E-state index in [1.165, 1.54) is 22.0 Å². The molecule has 0 saturated heterocycles. The Balaban J connectivity index is 1.96. The number of aryl methyl sites for hydroxylation is 1. The molecular weight excluding hydrogens is 282 g/mol. The molecular formula is C20H19N3. The summed E-state index contributed by atoms with van der Waals surface area (Å²) in [5.74, 6) is 0. The van der Waals surface area contributed by atoms with Crippen LogP contribution < -0.4 is 5.73 Å². The zero-order valence-corrected chi connectivity index (χ0v) is 13.2. The van der Waals surface area contributed by atoms with Crippen molar-refractivity contribution in [3.8, 4) is 11.3 Å². The van der Waals surface area contributed by atoms with Crippen LogP contribution in [0.15, 0.2) is 60.8 Å². The lowest BCUT2D eigenvalue weighted by Gasteiger charge is -2.05. The Morgan fingerprint density at radius 2 is 1.83 bits per heavy atom. The standard InChI is InChI=1S/C20H19N3/c1-14-9-11-23-18(8-10-21)20(22-19(23)12-14)17-7-6-15-4-2-3-5-16(15)13-17/h2-7,9,11-13H,8,10,21H2,1H3. The monoisotopic (exact) mass is 301 g/mol. The van der Waals surface area contributed by atoms with Crippen molar-refractivity contribution in [1.82, 2.24) is 9.38 Å². The van der Waals surface area contributed by atoms with Crippen LogP contribution in [0.5, 0.6) is 0 Å². The van der Waals surface area contributed by atoms with Crippen LogP contribution >= 0.6 is 0 Å². The van der Waals surface area contributed by atoms with Crippen LogP contribution in [0.4, 0.5) is 0 Å². The number of hydrogen-bond acceptors (Lipinski definition) is 2. The first kappa shape index (κ1) is 14.0. The smallest absolute Gasteiger partial charge is 0.137 e. The van der Waals surface area contributed by atoms with Crippen molar-refractivity contribution in [2.45, 2.75) is 13.3 Å². The summed E-state index contributed by atoms with van der Waals surface area (Å²) in [6.45, 7) is 2.70. The minimum Gasteiger partial charge on any atom is -0.330 e. The van der Waals surface area contributed by atoms with E-state index in [1.54, 1.807) is 0 Å². The highest BCUT2D eigenvalue weighted by Crippen LogP contribution is 2.28. The predicted octanol–water partition coefficient (Wildman–Crippen LogP) is 3.96. The second-order valence-electron chi connectivity index (χ2n) is 5.94. The lowest BCUT2D eigenvalue weighted by Crippen LogP contribution is -2.06. The van der Waals surface area contributed by atoms with E-state index < -0.39 is 0 Å². The maximum atomic E-state index is 5.84. The second-order valence-corrected chi connectivity index (χ2v) is 5.94. The molecule has 2 heterocycles. The van der Waals surface area contributed by atoms with Gasteiger partial charge in [-0.3, -0.25) is 0 Å². The molecule has 0 aliphatic carbocycles. The summed E-state index contributed by atoms with van der Waals surface area (Å²) >= 11 is 0. The van der Waals surface area contributed by atoms with Crippen molar-refractivity contribution < 1.29 is 0 Å². The molecule has 0 fully saturated rings. The van der Waals surface area contributed by atoms with Gasteiger partial charge in [0.15, 0.2) is 0 Å². The quantitative estimate of drug-likeness (QED) is 0.622. The van der Waals surface area contributed by atoms with Crippen molar-refractivity contribution in [2.24, 2.45) is 5.73 Å². The number of fused-ring (bicyclic) bond motifs is 2. The summed E-state index contributed by atoms with van der Waals surface area (Å²) in [5, 5.41) is 2.48. The highest BCUT2D eigenvalue weighted by molar-refractivity contribution is 5.87. The first-order valence-corrected chi connectivity index (χ1v) is 7.93. The molecule has 2 aromatic heterocycles. The van der Waals surface area contributed by atoms with Crippen molar-refractivity contribution >= 4 is 16.4 Å². The van der Waals surface area contributed by atoms with Gasteiger partial charge in [0.05, 0.1) is 11.4 Å². The predicted molar refractivity (Wildman–Crippen MR) is 95.6 cm³/mol. The van der Waals surface area contributed by atoms with Crippen LogP contribution in [0.1, 0.15) is 11.3 Å². The van der Waals surface area contributed by atoms with Gasteiger partial charge in [-0.05, 0) is 48.0 Å². The molecule has 0 amide bonds. The van der Waals surface area contributed by atoms with Crippen LogP contribution in [0.3, 0.4) is 0 Å². The van der Waals surface area contributed by atoms with E-state index in [4.69, 9.17) is 10.7 Å². The minimum atomic E-state index is 0.613. The third kappa shape index (κ3) is 2.39. The average molecular weight is 301 g/mol. The fourth-order valence-corrected chi connectivity index (χ4v) is 3.14. The first-order valence-electron chi connectivity index (χ1n) is 7.93. The Morgan fingerprint density at radius 3 is 2.65 bits per heavy atom. The molecule has 3 nitrogen and oxygen atoms in total. The van der Waals surface area contributed by atoms with Crippen molar-refractivity contribution in [1.29, 1.82) is 0 Å². The molecule has 2 aromatic carbocycles. The maximum absolute atomic E-state index is 5.84. The molecule has 0 spiro atoms. The van der Waals surface area contributed by atoms with E-state index >= 15 is 0 Å². The van der Waals surface area contributed by atoms with Gasteiger partial charge in [0, 0.05) is 18.2 Å². The Bertz CT molecular complexity index is 998. The first-order chi connectivity index (χ1) is 11.3. The number of nitrogens with two attached hydrogens (primary N) is 1. The largest absolute Gasteiger partial charge is 0.330 e. The SMILES string of the molecule is Cc1ccn2c(CCN)c(-c3ccc4ccccc4c3)nc2c1. The number of aromatic nitrogens is 2. The van der Waals surface area contributed by atoms with Gasteiger partial charge in [0.1, 0.15) is 5.65 Å². The van der Waals surface area contributed by atoms with E-state index in [9.17, 15) is 0 Å². The van der Waals surface area contributed by atoms with Crippen molar-refractivity contribution in [3.63, 3.8) is 0 Å². The Hall–Kier alpha value is -2.65. The molecule has 0 bridgehead atoms. The highest BCUT2D eigenvalue weighted by atomic mass is 15.0. The summed E-state index contributed by atoms with van der Waals surface area (Å²) in [6.07, 6.45) is 2.90. The zero-order chi connectivity index (χ0) is 15.8. The Kier molecular flexibility index (Phi) is 3.36. The van der Waals surface area contributed by atoms with Crippen LogP contribution in [0.2, 0.25) is 0 Å². The number of hydrogen-bond donors (Lipinski definition) is 1. The normalized spacial score (nSPS) is 11.4. The van der Waals surface area contributed by atoms with Crippen LogP contribution in [0.25, 0.3) is 27.7 Å². The summed E-state index contributed by atoms with van der Waals surface area (Å²) in [5.41, 5.74) is 11.4. The Morgan fingerprint density at radius 1 is 1.00 bits per heavy atom. The third-order valence-corrected chi connectivity index (χ3v) is 4.28. The van der Waals surface area contributed by atoms with Gasteiger partial charge in [-0.2, -0.15) is 0 Å². The van der Waals surface area contributed by atoms with Crippen LogP contribution in [-0.2, 0) is 6.42 Å². The van der Waals surface area contributed by atoms with Gasteiger partial charge in [0.25, 0.3) is 0 Å². The van der Waals surface area contributed by atoms with Gasteiger partial charge in [-0.1, -0.05) is 36.4 Å². The van der Waals surface area contributed by atoms with Gasteiger partial charge < -0.3 is 10.1 Å². The topological polar surface area (TPSA) is 43.3 Å². The van der Waals surface area contributed by atoms with Crippen LogP contribution in [-0.4, -0.2) is 15.9 Å². The molecule has 0 saturated carbocycles. The van der Waals surface area contributed by atoms with Gasteiger partial charge in [-0.15, -0.1) is 0 Å². The molecule has 0 radical (unpaired) electrons. The minimum absolute atomic E-state index is 0.613. The molecule has 0 unspecified atom stereocenters. The maximum Gasteiger partial charge on any atom is 0.137 e. The molecule has 4 aromatic rings. The number of nitrogens with zero attached hydrogens (tertiary/aromatic N) is 2. The third-order valence-electron chi connectivity index (χ3n) is 4.28. The van der Waals surface area contributed by atoms with E-state index in [0.717, 1.165) is 23.3 Å². The van der Waals surface area contributed by atoms with Crippen LogP contribution in [0, 0.1) is 6.92 Å². The fourth-order valence-electron chi connectivity index (χ4n) is 3.14. The summed E-state index contributed by atoms with van der Waals surface area (Å²) in [7, 11) is 0. The second kappa shape index (κ2) is 5.52. The number of rotatable bonds is 3. The molecule has 0 atom stereocenters. The lowest BCUT2D eigenvalue weighted by molar-refractivity contribution is 0.906. The van der Waals surface area contributed by atoms with Crippen molar-refractivity contribution in [2.75, 3.05) is 6.54 Å².